The summed E-state index contributed by atoms with van der Waals surface area (Å²) in [4.78, 5) is 29.0. The summed E-state index contributed by atoms with van der Waals surface area (Å²) in [5.41, 5.74) is 3.12. The van der Waals surface area contributed by atoms with Gasteiger partial charge < -0.3 is 14.8 Å². The molecule has 0 aliphatic carbocycles. The number of halogens is 1. The molecule has 23 heavy (non-hydrogen) atoms. The Labute approximate surface area is 143 Å². The Hall–Kier alpha value is -2.06. The number of nitrogens with one attached hydrogen (secondary N) is 2. The van der Waals surface area contributed by atoms with E-state index in [0.29, 0.717) is 10.2 Å². The van der Waals surface area contributed by atoms with Crippen molar-refractivity contribution in [2.24, 2.45) is 0 Å². The van der Waals surface area contributed by atoms with Crippen LogP contribution in [0, 0.1) is 0 Å². The molecule has 0 saturated carbocycles. The molecule has 3 atom stereocenters. The first-order valence-electron chi connectivity index (χ1n) is 7.38. The predicted octanol–water partition coefficient (Wildman–Crippen LogP) is 1.98. The van der Waals surface area contributed by atoms with Gasteiger partial charge >= 0.3 is 12.1 Å². The second kappa shape index (κ2) is 8.54. The maximum Gasteiger partial charge on any atom is 0.408 e. The average Bonchev–Trinajstić information content (AvgIpc) is 2.99. The molecule has 1 aliphatic rings. The van der Waals surface area contributed by atoms with E-state index in [2.05, 4.69) is 31.5 Å². The molecule has 1 aromatic rings. The maximum absolute atomic E-state index is 12.0. The lowest BCUT2D eigenvalue weighted by atomic mass is 10.1. The molecule has 124 valence electrons. The van der Waals surface area contributed by atoms with Gasteiger partial charge in [0.25, 0.3) is 0 Å². The summed E-state index contributed by atoms with van der Waals surface area (Å²) in [6.07, 6.45) is 0.547. The number of esters is 1. The molecule has 1 aliphatic heterocycles. The summed E-state index contributed by atoms with van der Waals surface area (Å²) in [6.45, 7) is -1.19. The molecular formula is C15H17BrN2O5. The lowest BCUT2D eigenvalue weighted by Gasteiger charge is -2.18. The summed E-state index contributed by atoms with van der Waals surface area (Å²) in [7, 11) is 1.22. The van der Waals surface area contributed by atoms with Crippen LogP contribution >= 0.6 is 15.9 Å². The van der Waals surface area contributed by atoms with E-state index >= 15 is 0 Å². The van der Waals surface area contributed by atoms with Crippen LogP contribution in [-0.2, 0) is 25.7 Å². The molecule has 1 heterocycles. The second-order valence-corrected chi connectivity index (χ2v) is 5.52. The van der Waals surface area contributed by atoms with Crippen molar-refractivity contribution in [2.45, 2.75) is 25.1 Å². The van der Waals surface area contributed by atoms with Crippen molar-refractivity contribution in [2.75, 3.05) is 7.11 Å². The highest BCUT2D eigenvalue weighted by molar-refractivity contribution is 9.11. The van der Waals surface area contributed by atoms with E-state index in [1.807, 2.05) is 0 Å². The van der Waals surface area contributed by atoms with E-state index in [0.717, 1.165) is 0 Å². The number of methoxy groups -OCH3 is 1. The average molecular weight is 386 g/mol. The molecule has 0 fully saturated rings. The van der Waals surface area contributed by atoms with Crippen LogP contribution in [0.4, 0.5) is 4.79 Å². The van der Waals surface area contributed by atoms with Crippen molar-refractivity contribution < 1.29 is 25.3 Å². The van der Waals surface area contributed by atoms with Gasteiger partial charge in [0.2, 0.25) is 0 Å². The standard InChI is InChI=1S/C15H17BrN2O5/c1-21-14(19)12(7-11-8-13(16)18-23-11)17-15(20)22-9-10-5-3-2-4-6-10/h2-6,8,11-12,18H,7,9H2,1H3,(H,17,20)/t11?,12-/m0/s1/i9D/t9?,11?,12-. The van der Waals surface area contributed by atoms with Gasteiger partial charge in [0, 0.05) is 6.42 Å². The first-order valence-corrected chi connectivity index (χ1v) is 7.60. The van der Waals surface area contributed by atoms with Gasteiger partial charge in [0.1, 0.15) is 23.3 Å². The van der Waals surface area contributed by atoms with Crippen LogP contribution in [0.3, 0.4) is 0 Å². The first-order chi connectivity index (χ1) is 11.5. The van der Waals surface area contributed by atoms with Crippen LogP contribution in [0.5, 0.6) is 0 Å². The lowest BCUT2D eigenvalue weighted by molar-refractivity contribution is -0.144. The number of benzene rings is 1. The van der Waals surface area contributed by atoms with E-state index < -0.39 is 30.8 Å². The Morgan fingerprint density at radius 3 is 2.83 bits per heavy atom. The Morgan fingerprint density at radius 2 is 2.22 bits per heavy atom. The summed E-state index contributed by atoms with van der Waals surface area (Å²) >= 11 is 3.20. The SMILES string of the molecule is [2H]C(OC(=O)N[C@@H](CC1C=C(Br)NO1)C(=O)OC)c1ccccc1. The molecule has 1 aromatic carbocycles. The predicted molar refractivity (Wildman–Crippen MR) is 85.2 cm³/mol. The summed E-state index contributed by atoms with van der Waals surface area (Å²) in [5.74, 6) is -0.631. The molecule has 7 nitrogen and oxygen atoms in total. The number of hydrogen-bond donors (Lipinski definition) is 2. The Balaban J connectivity index is 1.93. The third-order valence-corrected chi connectivity index (χ3v) is 3.41. The molecule has 1 amide bonds. The number of amides is 1. The third kappa shape index (κ3) is 5.57. The lowest BCUT2D eigenvalue weighted by Crippen LogP contribution is -2.43. The van der Waals surface area contributed by atoms with Crippen molar-refractivity contribution in [3.8, 4) is 0 Å². The largest absolute Gasteiger partial charge is 0.467 e. The zero-order valence-electron chi connectivity index (χ0n) is 13.3. The van der Waals surface area contributed by atoms with Crippen molar-refractivity contribution in [1.82, 2.24) is 10.8 Å². The van der Waals surface area contributed by atoms with Gasteiger partial charge in [-0.05, 0) is 27.6 Å². The van der Waals surface area contributed by atoms with E-state index in [1.165, 1.54) is 7.11 Å². The van der Waals surface area contributed by atoms with E-state index in [1.54, 1.807) is 36.4 Å². The summed E-state index contributed by atoms with van der Waals surface area (Å²) in [6, 6.07) is 7.65. The van der Waals surface area contributed by atoms with Gasteiger partial charge in [-0.15, -0.1) is 0 Å². The quantitative estimate of drug-likeness (QED) is 0.575. The summed E-state index contributed by atoms with van der Waals surface area (Å²) < 4.78 is 18.1. The number of carbonyl (C=O) groups excluding carboxylic acids is 2. The minimum Gasteiger partial charge on any atom is -0.467 e. The van der Waals surface area contributed by atoms with E-state index in [-0.39, 0.29) is 6.42 Å². The molecule has 2 unspecified atom stereocenters. The van der Waals surface area contributed by atoms with Crippen molar-refractivity contribution in [3.05, 3.63) is 46.6 Å². The number of ether oxygens (including phenoxy) is 2. The molecule has 8 heteroatoms. The molecule has 0 aromatic heterocycles. The highest BCUT2D eigenvalue weighted by atomic mass is 79.9. The van der Waals surface area contributed by atoms with Gasteiger partial charge in [-0.2, -0.15) is 0 Å². The molecule has 2 rings (SSSR count). The highest BCUT2D eigenvalue weighted by Crippen LogP contribution is 2.16. The zero-order chi connectivity index (χ0) is 17.5. The number of rotatable bonds is 6. The van der Waals surface area contributed by atoms with Crippen LogP contribution in [-0.4, -0.2) is 31.3 Å². The molecule has 0 saturated heterocycles. The molecule has 0 bridgehead atoms. The number of alkyl carbamates (subject to hydrolysis) is 1. The van der Waals surface area contributed by atoms with Gasteiger partial charge in [0.05, 0.1) is 8.48 Å². The van der Waals surface area contributed by atoms with Crippen molar-refractivity contribution in [1.29, 1.82) is 0 Å². The van der Waals surface area contributed by atoms with Crippen LogP contribution < -0.4 is 10.8 Å². The molecule has 0 radical (unpaired) electrons. The number of hydroxylamine groups is 1. The fourth-order valence-corrected chi connectivity index (χ4v) is 2.29. The van der Waals surface area contributed by atoms with E-state index in [4.69, 9.17) is 10.9 Å². The fourth-order valence-electron chi connectivity index (χ4n) is 1.90. The Bertz CT molecular complexity index is 613. The molecule has 0 spiro atoms. The van der Waals surface area contributed by atoms with Gasteiger partial charge in [-0.25, -0.2) is 9.59 Å². The third-order valence-electron chi connectivity index (χ3n) is 2.99. The van der Waals surface area contributed by atoms with Crippen molar-refractivity contribution >= 4 is 28.0 Å². The van der Waals surface area contributed by atoms with Gasteiger partial charge in [-0.1, -0.05) is 30.3 Å². The maximum atomic E-state index is 12.0. The smallest absolute Gasteiger partial charge is 0.408 e. The monoisotopic (exact) mass is 385 g/mol. The molecular weight excluding hydrogens is 368 g/mol. The van der Waals surface area contributed by atoms with Gasteiger partial charge in [-0.3, -0.25) is 10.3 Å². The Kier molecular flexibility index (Phi) is 5.87. The normalized spacial score (nSPS) is 19.7. The highest BCUT2D eigenvalue weighted by Gasteiger charge is 2.28. The van der Waals surface area contributed by atoms with Crippen LogP contribution in [0.2, 0.25) is 0 Å². The fraction of sp³-hybridized carbons (Fsp3) is 0.333. The minimum atomic E-state index is -1.19. The minimum absolute atomic E-state index is 0.151. The van der Waals surface area contributed by atoms with Crippen LogP contribution in [0.1, 0.15) is 13.4 Å². The van der Waals surface area contributed by atoms with E-state index in [9.17, 15) is 9.59 Å². The second-order valence-electron chi connectivity index (χ2n) is 4.66. The Morgan fingerprint density at radius 1 is 1.48 bits per heavy atom. The van der Waals surface area contributed by atoms with Crippen LogP contribution in [0.25, 0.3) is 0 Å². The topological polar surface area (TPSA) is 85.9 Å². The van der Waals surface area contributed by atoms with Crippen molar-refractivity contribution in [3.63, 3.8) is 0 Å². The molecule has 2 N–H and O–H groups in total. The van der Waals surface area contributed by atoms with Gasteiger partial charge in [0.15, 0.2) is 0 Å². The first kappa shape index (κ1) is 15.8. The zero-order valence-corrected chi connectivity index (χ0v) is 13.9. The number of carbonyl (C=O) groups is 2. The number of hydrogen-bond acceptors (Lipinski definition) is 6. The van der Waals surface area contributed by atoms with Crippen LogP contribution in [0.15, 0.2) is 41.0 Å². The summed E-state index contributed by atoms with van der Waals surface area (Å²) in [5, 5.41) is 2.40.